The molecule has 0 aliphatic heterocycles. The number of carbonyl (C=O) groups is 1. The van der Waals surface area contributed by atoms with Crippen molar-refractivity contribution in [1.29, 1.82) is 0 Å². The molecule has 0 saturated carbocycles. The lowest BCUT2D eigenvalue weighted by Gasteiger charge is -2.04. The monoisotopic (exact) mass is 475 g/mol. The molecular weight excluding hydrogens is 468 g/mol. The van der Waals surface area contributed by atoms with Crippen LogP contribution in [0.4, 0.5) is 10.1 Å². The highest BCUT2D eigenvalue weighted by Gasteiger charge is 2.17. The molecule has 0 aliphatic rings. The summed E-state index contributed by atoms with van der Waals surface area (Å²) in [5.74, 6) is -0.781. The normalized spacial score (nSPS) is 10.8. The van der Waals surface area contributed by atoms with Gasteiger partial charge in [0, 0.05) is 11.2 Å². The Labute approximate surface area is 157 Å². The van der Waals surface area contributed by atoms with Crippen LogP contribution in [0.3, 0.4) is 0 Å². The van der Waals surface area contributed by atoms with Crippen LogP contribution in [0.15, 0.2) is 39.7 Å². The van der Waals surface area contributed by atoms with E-state index in [2.05, 4.69) is 52.5 Å². The molecule has 0 bridgehead atoms. The van der Waals surface area contributed by atoms with Gasteiger partial charge in [0.2, 0.25) is 0 Å². The first-order valence-corrected chi connectivity index (χ1v) is 8.57. The number of nitrogens with one attached hydrogen (secondary N) is 2. The minimum absolute atomic E-state index is 0.219. The topological polar surface area (TPSA) is 75.6 Å². The van der Waals surface area contributed by atoms with Crippen LogP contribution in [0.25, 0.3) is 0 Å². The number of aromatic amines is 1. The molecule has 0 spiro atoms. The van der Waals surface area contributed by atoms with Crippen LogP contribution >= 0.6 is 43.5 Å². The maximum Gasteiger partial charge on any atom is 0.277 e. The minimum atomic E-state index is -0.395. The van der Waals surface area contributed by atoms with Gasteiger partial charge in [-0.2, -0.15) is 10.2 Å². The Morgan fingerprint density at radius 1 is 1.42 bits per heavy atom. The van der Waals surface area contributed by atoms with Gasteiger partial charge in [0.25, 0.3) is 5.91 Å². The van der Waals surface area contributed by atoms with Crippen LogP contribution < -0.4 is 5.32 Å². The molecule has 3 rings (SSSR count). The zero-order valence-electron chi connectivity index (χ0n) is 11.9. The van der Waals surface area contributed by atoms with E-state index in [4.69, 9.17) is 11.6 Å². The summed E-state index contributed by atoms with van der Waals surface area (Å²) in [4.78, 5) is 12.2. The minimum Gasteiger partial charge on any atom is -0.318 e. The summed E-state index contributed by atoms with van der Waals surface area (Å²) in [6.07, 6.45) is 3.15. The van der Waals surface area contributed by atoms with E-state index >= 15 is 0 Å². The Kier molecular flexibility index (Phi) is 5.02. The molecule has 0 atom stereocenters. The van der Waals surface area contributed by atoms with Gasteiger partial charge >= 0.3 is 0 Å². The fraction of sp³-hybridized carbons (Fsp3) is 0.0714. The lowest BCUT2D eigenvalue weighted by molar-refractivity contribution is 0.102. The molecule has 6 nitrogen and oxygen atoms in total. The van der Waals surface area contributed by atoms with E-state index in [9.17, 15) is 9.18 Å². The molecule has 0 unspecified atom stereocenters. The van der Waals surface area contributed by atoms with Crippen molar-refractivity contribution in [3.8, 4) is 0 Å². The van der Waals surface area contributed by atoms with E-state index < -0.39 is 5.82 Å². The summed E-state index contributed by atoms with van der Waals surface area (Å²) in [5.41, 5.74) is 1.44. The SMILES string of the molecule is O=C(Nc1cnn(Cc2ccc(F)cc2Cl)c1)c1n[nH]c(Br)c1Br. The first-order valence-electron chi connectivity index (χ1n) is 6.61. The number of nitrogens with zero attached hydrogens (tertiary/aromatic N) is 3. The zero-order chi connectivity index (χ0) is 17.3. The number of carbonyl (C=O) groups excluding carboxylic acids is 1. The van der Waals surface area contributed by atoms with Crippen molar-refractivity contribution in [2.24, 2.45) is 0 Å². The van der Waals surface area contributed by atoms with E-state index in [0.717, 1.165) is 5.56 Å². The van der Waals surface area contributed by atoms with E-state index in [1.807, 2.05) is 0 Å². The van der Waals surface area contributed by atoms with Crippen LogP contribution in [-0.4, -0.2) is 25.9 Å². The Morgan fingerprint density at radius 3 is 2.88 bits per heavy atom. The number of aromatic nitrogens is 4. The van der Waals surface area contributed by atoms with Gasteiger partial charge in [-0.15, -0.1) is 0 Å². The molecule has 0 saturated heterocycles. The number of hydrogen-bond acceptors (Lipinski definition) is 3. The highest BCUT2D eigenvalue weighted by molar-refractivity contribution is 9.13. The predicted molar refractivity (Wildman–Crippen MR) is 94.7 cm³/mol. The number of benzene rings is 1. The van der Waals surface area contributed by atoms with Gasteiger partial charge in [-0.3, -0.25) is 14.6 Å². The molecule has 0 fully saturated rings. The standard InChI is InChI=1S/C14H9Br2ClFN5O/c15-11-12(21-22-13(11)16)14(24)20-9-4-19-23(6-9)5-7-1-2-8(18)3-10(7)17/h1-4,6H,5H2,(H,20,24)(H,21,22). The number of anilines is 1. The summed E-state index contributed by atoms with van der Waals surface area (Å²) < 4.78 is 15.8. The third kappa shape index (κ3) is 3.68. The summed E-state index contributed by atoms with van der Waals surface area (Å²) in [6, 6.07) is 4.17. The largest absolute Gasteiger partial charge is 0.318 e. The van der Waals surface area contributed by atoms with Crippen molar-refractivity contribution >= 4 is 55.1 Å². The highest BCUT2D eigenvalue weighted by Crippen LogP contribution is 2.24. The number of H-pyrrole nitrogens is 1. The zero-order valence-corrected chi connectivity index (χ0v) is 15.8. The second-order valence-electron chi connectivity index (χ2n) is 4.82. The average Bonchev–Trinajstić information content (AvgIpc) is 3.10. The second-order valence-corrected chi connectivity index (χ2v) is 6.81. The second kappa shape index (κ2) is 7.04. The van der Waals surface area contributed by atoms with E-state index in [-0.39, 0.29) is 11.6 Å². The maximum absolute atomic E-state index is 13.1. The van der Waals surface area contributed by atoms with Gasteiger partial charge in [0.15, 0.2) is 5.69 Å². The van der Waals surface area contributed by atoms with Crippen molar-refractivity contribution in [3.63, 3.8) is 0 Å². The smallest absolute Gasteiger partial charge is 0.277 e. The molecule has 10 heteroatoms. The summed E-state index contributed by atoms with van der Waals surface area (Å²) >= 11 is 12.5. The van der Waals surface area contributed by atoms with Gasteiger partial charge in [0.1, 0.15) is 10.4 Å². The molecule has 0 aliphatic carbocycles. The Hall–Kier alpha value is -1.71. The van der Waals surface area contributed by atoms with Crippen LogP contribution in [0, 0.1) is 5.82 Å². The fourth-order valence-corrected chi connectivity index (χ4v) is 2.85. The summed E-state index contributed by atoms with van der Waals surface area (Å²) in [6.45, 7) is 0.354. The third-order valence-electron chi connectivity index (χ3n) is 3.12. The lowest BCUT2D eigenvalue weighted by Crippen LogP contribution is -2.12. The van der Waals surface area contributed by atoms with Gasteiger partial charge in [-0.25, -0.2) is 4.39 Å². The number of rotatable bonds is 4. The van der Waals surface area contributed by atoms with Crippen molar-refractivity contribution in [2.75, 3.05) is 5.32 Å². The van der Waals surface area contributed by atoms with Crippen molar-refractivity contribution in [1.82, 2.24) is 20.0 Å². The van der Waals surface area contributed by atoms with Gasteiger partial charge in [-0.05, 0) is 49.6 Å². The Bertz CT molecular complexity index is 910. The van der Waals surface area contributed by atoms with Gasteiger partial charge in [0.05, 0.1) is 22.9 Å². The number of amides is 1. The van der Waals surface area contributed by atoms with Crippen molar-refractivity contribution in [2.45, 2.75) is 6.54 Å². The maximum atomic E-state index is 13.1. The van der Waals surface area contributed by atoms with Crippen LogP contribution in [0.1, 0.15) is 16.1 Å². The molecule has 124 valence electrons. The Balaban J connectivity index is 1.71. The first-order chi connectivity index (χ1) is 11.4. The van der Waals surface area contributed by atoms with Crippen molar-refractivity contribution < 1.29 is 9.18 Å². The quantitative estimate of drug-likeness (QED) is 0.591. The van der Waals surface area contributed by atoms with Gasteiger partial charge < -0.3 is 5.32 Å². The molecule has 1 amide bonds. The highest BCUT2D eigenvalue weighted by atomic mass is 79.9. The molecule has 2 aromatic heterocycles. The van der Waals surface area contributed by atoms with Crippen LogP contribution in [0.2, 0.25) is 5.02 Å². The molecule has 1 aromatic carbocycles. The third-order valence-corrected chi connectivity index (χ3v) is 5.35. The van der Waals surface area contributed by atoms with Crippen molar-refractivity contribution in [3.05, 3.63) is 61.8 Å². The number of hydrogen-bond donors (Lipinski definition) is 2. The fourth-order valence-electron chi connectivity index (χ4n) is 1.99. The molecular formula is C14H9Br2ClFN5O. The summed E-state index contributed by atoms with van der Waals surface area (Å²) in [5, 5.41) is 13.7. The van der Waals surface area contributed by atoms with E-state index in [0.29, 0.717) is 26.3 Å². The van der Waals surface area contributed by atoms with E-state index in [1.165, 1.54) is 18.3 Å². The number of halogens is 4. The average molecular weight is 478 g/mol. The lowest BCUT2D eigenvalue weighted by atomic mass is 10.2. The molecule has 3 aromatic rings. The van der Waals surface area contributed by atoms with Crippen LogP contribution in [-0.2, 0) is 6.54 Å². The van der Waals surface area contributed by atoms with Gasteiger partial charge in [-0.1, -0.05) is 17.7 Å². The summed E-state index contributed by atoms with van der Waals surface area (Å²) in [7, 11) is 0. The first kappa shape index (κ1) is 17.1. The predicted octanol–water partition coefficient (Wildman–Crippen LogP) is 4.22. The molecule has 2 N–H and O–H groups in total. The van der Waals surface area contributed by atoms with E-state index in [1.54, 1.807) is 16.9 Å². The molecule has 24 heavy (non-hydrogen) atoms. The Morgan fingerprint density at radius 2 is 2.21 bits per heavy atom. The van der Waals surface area contributed by atoms with Crippen LogP contribution in [0.5, 0.6) is 0 Å². The molecule has 2 heterocycles. The molecule has 0 radical (unpaired) electrons.